The summed E-state index contributed by atoms with van der Waals surface area (Å²) >= 11 is 0. The molecule has 2 aromatic rings. The maximum Gasteiger partial charge on any atom is 0.573 e. The standard InChI is InChI=1S/C24H23F3N8O4/c25-24(26,27)39-18-3-1-17(2-4-18)23(15-28)6-9-33(10-7-23)21-30-12-16(13-31-21)11-29-19-14-32-22-34(19)8-5-20(38-22)35(36)37/h1-5,8,12-13,19-20,29H,6-7,9-11,14H2/t19?,20-/m0/s1. The van der Waals surface area contributed by atoms with Gasteiger partial charge in [0.05, 0.1) is 23.0 Å². The molecule has 1 N–H and O–H groups in total. The van der Waals surface area contributed by atoms with Gasteiger partial charge < -0.3 is 14.4 Å². The monoisotopic (exact) mass is 544 g/mol. The zero-order valence-corrected chi connectivity index (χ0v) is 20.4. The number of fused-ring (bicyclic) bond motifs is 1. The molecule has 1 aromatic carbocycles. The Morgan fingerprint density at radius 1 is 1.23 bits per heavy atom. The van der Waals surface area contributed by atoms with Crippen LogP contribution in [-0.4, -0.2) is 64.2 Å². The van der Waals surface area contributed by atoms with Crippen molar-refractivity contribution in [3.05, 3.63) is 70.2 Å². The predicted octanol–water partition coefficient (Wildman–Crippen LogP) is 2.67. The number of rotatable bonds is 7. The van der Waals surface area contributed by atoms with E-state index in [9.17, 15) is 28.5 Å². The number of hydrogen-bond acceptors (Lipinski definition) is 11. The Balaban J connectivity index is 1.14. The van der Waals surface area contributed by atoms with E-state index in [2.05, 4.69) is 31.1 Å². The lowest BCUT2D eigenvalue weighted by Crippen LogP contribution is -2.46. The summed E-state index contributed by atoms with van der Waals surface area (Å²) in [5, 5.41) is 24.1. The number of benzene rings is 1. The van der Waals surface area contributed by atoms with E-state index in [1.165, 1.54) is 30.3 Å². The van der Waals surface area contributed by atoms with Gasteiger partial charge in [0.25, 0.3) is 6.02 Å². The van der Waals surface area contributed by atoms with Crippen molar-refractivity contribution in [1.82, 2.24) is 20.2 Å². The van der Waals surface area contributed by atoms with Gasteiger partial charge in [-0.05, 0) is 30.5 Å². The molecule has 4 heterocycles. The van der Waals surface area contributed by atoms with Gasteiger partial charge >= 0.3 is 12.6 Å². The van der Waals surface area contributed by atoms with Crippen LogP contribution in [0.15, 0.2) is 53.9 Å². The van der Waals surface area contributed by atoms with Gasteiger partial charge in [0.2, 0.25) is 5.95 Å². The average Bonchev–Trinajstić information content (AvgIpc) is 3.34. The van der Waals surface area contributed by atoms with Crippen molar-refractivity contribution in [1.29, 1.82) is 5.26 Å². The van der Waals surface area contributed by atoms with Crippen LogP contribution >= 0.6 is 0 Å². The van der Waals surface area contributed by atoms with E-state index in [0.717, 1.165) is 5.56 Å². The molecule has 1 unspecified atom stereocenters. The van der Waals surface area contributed by atoms with E-state index < -0.39 is 22.9 Å². The zero-order chi connectivity index (χ0) is 27.6. The van der Waals surface area contributed by atoms with Crippen molar-refractivity contribution in [3.8, 4) is 11.8 Å². The van der Waals surface area contributed by atoms with Crippen LogP contribution < -0.4 is 15.0 Å². The molecular formula is C24H23F3N8O4. The second-order valence-electron chi connectivity index (χ2n) is 9.21. The molecule has 0 saturated carbocycles. The van der Waals surface area contributed by atoms with Crippen LogP contribution in [0.3, 0.4) is 0 Å². The Morgan fingerprint density at radius 2 is 1.92 bits per heavy atom. The molecule has 2 atom stereocenters. The minimum Gasteiger partial charge on any atom is -0.406 e. The van der Waals surface area contributed by atoms with Gasteiger partial charge in [-0.1, -0.05) is 12.1 Å². The van der Waals surface area contributed by atoms with Gasteiger partial charge in [0, 0.05) is 49.9 Å². The summed E-state index contributed by atoms with van der Waals surface area (Å²) in [6.07, 6.45) is 1.02. The highest BCUT2D eigenvalue weighted by atomic mass is 19.4. The maximum absolute atomic E-state index is 12.4. The van der Waals surface area contributed by atoms with Crippen molar-refractivity contribution >= 4 is 12.0 Å². The quantitative estimate of drug-likeness (QED) is 0.408. The molecule has 0 bridgehead atoms. The van der Waals surface area contributed by atoms with E-state index in [0.29, 0.717) is 50.5 Å². The first-order chi connectivity index (χ1) is 18.7. The number of aromatic nitrogens is 2. The summed E-state index contributed by atoms with van der Waals surface area (Å²) in [7, 11) is 0. The number of nitriles is 1. The fourth-order valence-electron chi connectivity index (χ4n) is 4.69. The van der Waals surface area contributed by atoms with Gasteiger partial charge in [-0.15, -0.1) is 13.2 Å². The molecule has 0 spiro atoms. The van der Waals surface area contributed by atoms with Gasteiger partial charge in [0.15, 0.2) is 0 Å². The number of ether oxygens (including phenoxy) is 2. The summed E-state index contributed by atoms with van der Waals surface area (Å²) in [6.45, 7) is 1.80. The molecule has 15 heteroatoms. The summed E-state index contributed by atoms with van der Waals surface area (Å²) in [4.78, 5) is 27.2. The number of alkyl halides is 3. The van der Waals surface area contributed by atoms with E-state index in [1.807, 2.05) is 4.90 Å². The lowest BCUT2D eigenvalue weighted by atomic mass is 9.74. The number of amidine groups is 1. The normalized spacial score (nSPS) is 21.9. The fraction of sp³-hybridized carbons (Fsp3) is 0.417. The highest BCUT2D eigenvalue weighted by molar-refractivity contribution is 5.78. The van der Waals surface area contributed by atoms with Crippen LogP contribution in [-0.2, 0) is 16.7 Å². The van der Waals surface area contributed by atoms with Crippen molar-refractivity contribution < 1.29 is 27.6 Å². The van der Waals surface area contributed by atoms with E-state index in [4.69, 9.17) is 4.74 Å². The summed E-state index contributed by atoms with van der Waals surface area (Å²) in [5.41, 5.74) is 0.635. The molecule has 3 aliphatic heterocycles. The Bertz CT molecular complexity index is 1300. The van der Waals surface area contributed by atoms with Crippen LogP contribution in [0.25, 0.3) is 0 Å². The van der Waals surface area contributed by atoms with E-state index >= 15 is 0 Å². The number of aliphatic imine (C=N–C) groups is 1. The van der Waals surface area contributed by atoms with Gasteiger partial charge in [-0.3, -0.25) is 20.3 Å². The lowest BCUT2D eigenvalue weighted by Gasteiger charge is -2.37. The Hall–Kier alpha value is -4.45. The number of nitrogens with zero attached hydrogens (tertiary/aromatic N) is 7. The van der Waals surface area contributed by atoms with Gasteiger partial charge in [-0.25, -0.2) is 15.0 Å². The van der Waals surface area contributed by atoms with Crippen molar-refractivity contribution in [2.75, 3.05) is 24.5 Å². The van der Waals surface area contributed by atoms with Gasteiger partial charge in [0.1, 0.15) is 11.9 Å². The van der Waals surface area contributed by atoms with Crippen LogP contribution in [0, 0.1) is 21.4 Å². The number of hydrogen-bond donors (Lipinski definition) is 1. The molecule has 1 aromatic heterocycles. The van der Waals surface area contributed by atoms with Crippen molar-refractivity contribution in [2.24, 2.45) is 4.99 Å². The van der Waals surface area contributed by atoms with Gasteiger partial charge in [-0.2, -0.15) is 5.26 Å². The number of anilines is 1. The Kier molecular flexibility index (Phi) is 6.96. The van der Waals surface area contributed by atoms with Crippen LogP contribution in [0.5, 0.6) is 5.75 Å². The number of halogens is 3. The average molecular weight is 544 g/mol. The second kappa shape index (κ2) is 10.4. The van der Waals surface area contributed by atoms with E-state index in [-0.39, 0.29) is 17.9 Å². The minimum atomic E-state index is -4.77. The first-order valence-corrected chi connectivity index (χ1v) is 12.0. The first kappa shape index (κ1) is 26.2. The van der Waals surface area contributed by atoms with Crippen LogP contribution in [0.1, 0.15) is 24.0 Å². The number of nitro groups is 1. The SMILES string of the molecule is N#CC1(c2ccc(OC(F)(F)F)cc2)CCN(c2ncc(CNC3CN=C4O[C@H]([N+](=O)[O-])C=CN43)cn2)CC1. The third-order valence-electron chi connectivity index (χ3n) is 6.79. The third kappa shape index (κ3) is 5.70. The molecular weight excluding hydrogens is 521 g/mol. The molecule has 3 aliphatic rings. The molecule has 204 valence electrons. The highest BCUT2D eigenvalue weighted by Gasteiger charge is 2.38. The molecule has 0 aliphatic carbocycles. The molecule has 0 amide bonds. The number of nitrogens with one attached hydrogen (secondary N) is 1. The fourth-order valence-corrected chi connectivity index (χ4v) is 4.69. The minimum absolute atomic E-state index is 0.201. The largest absolute Gasteiger partial charge is 0.573 e. The molecule has 1 fully saturated rings. The summed E-state index contributed by atoms with van der Waals surface area (Å²) < 4.78 is 46.5. The Morgan fingerprint density at radius 3 is 2.54 bits per heavy atom. The number of piperidine rings is 1. The molecule has 0 radical (unpaired) electrons. The molecule has 12 nitrogen and oxygen atoms in total. The maximum atomic E-state index is 12.4. The van der Waals surface area contributed by atoms with Crippen molar-refractivity contribution in [2.45, 2.75) is 43.6 Å². The topological polar surface area (TPSA) is 142 Å². The van der Waals surface area contributed by atoms with Crippen LogP contribution in [0.4, 0.5) is 19.1 Å². The zero-order valence-electron chi connectivity index (χ0n) is 20.4. The highest BCUT2D eigenvalue weighted by Crippen LogP contribution is 2.37. The van der Waals surface area contributed by atoms with Crippen molar-refractivity contribution in [3.63, 3.8) is 0 Å². The molecule has 5 rings (SSSR count). The Labute approximate surface area is 220 Å². The lowest BCUT2D eigenvalue weighted by molar-refractivity contribution is -0.552. The predicted molar refractivity (Wildman–Crippen MR) is 130 cm³/mol. The molecule has 39 heavy (non-hydrogen) atoms. The second-order valence-corrected chi connectivity index (χ2v) is 9.21. The van der Waals surface area contributed by atoms with Crippen LogP contribution in [0.2, 0.25) is 0 Å². The third-order valence-corrected chi connectivity index (χ3v) is 6.79. The van der Waals surface area contributed by atoms with E-state index in [1.54, 1.807) is 23.5 Å². The summed E-state index contributed by atoms with van der Waals surface area (Å²) in [5.74, 6) is 0.189. The summed E-state index contributed by atoms with van der Waals surface area (Å²) in [6, 6.07) is 8.01. The smallest absolute Gasteiger partial charge is 0.406 e. The molecule has 1 saturated heterocycles. The first-order valence-electron chi connectivity index (χ1n) is 12.0.